The Hall–Kier alpha value is -5.08. The highest BCUT2D eigenvalue weighted by Crippen LogP contribution is 2.38. The largest absolute Gasteiger partial charge is 0.309 e. The zero-order chi connectivity index (χ0) is 25.9. The Bertz CT molecular complexity index is 2160. The van der Waals surface area contributed by atoms with E-state index in [2.05, 4.69) is 156 Å². The van der Waals surface area contributed by atoms with E-state index in [1.165, 1.54) is 71.7 Å². The standard InChI is InChI=1S/C37H26N2/c1-25-16-19-35-31(22-25)32-23-27(26-10-4-2-5-11-26)17-20-36(32)39(35)29-18-21-37-33(24-29)30-14-8-9-15-34(30)38(37)28-12-6-3-7-13-28/h2-24H,1H3. The molecule has 0 atom stereocenters. The van der Waals surface area contributed by atoms with Crippen LogP contribution in [-0.2, 0) is 0 Å². The molecule has 6 aromatic carbocycles. The molecule has 2 nitrogen and oxygen atoms in total. The summed E-state index contributed by atoms with van der Waals surface area (Å²) < 4.78 is 4.79. The van der Waals surface area contributed by atoms with Gasteiger partial charge in [0.25, 0.3) is 0 Å². The van der Waals surface area contributed by atoms with Gasteiger partial charge < -0.3 is 9.13 Å². The first kappa shape index (κ1) is 22.0. The van der Waals surface area contributed by atoms with Crippen molar-refractivity contribution in [1.82, 2.24) is 9.13 Å². The number of hydrogen-bond donors (Lipinski definition) is 0. The third-order valence-corrected chi connectivity index (χ3v) is 7.96. The Morgan fingerprint density at radius 2 is 0.923 bits per heavy atom. The van der Waals surface area contributed by atoms with Gasteiger partial charge in [0.1, 0.15) is 0 Å². The number of hydrogen-bond acceptors (Lipinski definition) is 0. The molecule has 8 rings (SSSR count). The lowest BCUT2D eigenvalue weighted by molar-refractivity contribution is 1.16. The average molecular weight is 499 g/mol. The minimum atomic E-state index is 1.18. The Balaban J connectivity index is 1.42. The van der Waals surface area contributed by atoms with Crippen LogP contribution in [0, 0.1) is 6.92 Å². The molecule has 184 valence electrons. The SMILES string of the molecule is Cc1ccc2c(c1)c1cc(-c3ccccc3)ccc1n2-c1ccc2c(c1)c1ccccc1n2-c1ccccc1. The van der Waals surface area contributed by atoms with Crippen LogP contribution in [0.3, 0.4) is 0 Å². The summed E-state index contributed by atoms with van der Waals surface area (Å²) in [6, 6.07) is 50.6. The second-order valence-electron chi connectivity index (χ2n) is 10.3. The topological polar surface area (TPSA) is 9.86 Å². The number of benzene rings is 6. The molecule has 0 radical (unpaired) electrons. The summed E-state index contributed by atoms with van der Waals surface area (Å²) in [7, 11) is 0. The first-order valence-electron chi connectivity index (χ1n) is 13.5. The normalized spacial score (nSPS) is 11.7. The van der Waals surface area contributed by atoms with Gasteiger partial charge in [0, 0.05) is 32.9 Å². The molecule has 8 aromatic rings. The molecule has 0 aliphatic carbocycles. The third kappa shape index (κ3) is 3.35. The lowest BCUT2D eigenvalue weighted by atomic mass is 10.0. The molecule has 2 aromatic heterocycles. The van der Waals surface area contributed by atoms with Gasteiger partial charge in [0.2, 0.25) is 0 Å². The second kappa shape index (κ2) is 8.47. The highest BCUT2D eigenvalue weighted by atomic mass is 15.0. The van der Waals surface area contributed by atoms with Crippen molar-refractivity contribution >= 4 is 43.6 Å². The average Bonchev–Trinajstić information content (AvgIpc) is 3.50. The molecule has 0 saturated heterocycles. The van der Waals surface area contributed by atoms with E-state index in [1.54, 1.807) is 0 Å². The highest BCUT2D eigenvalue weighted by molar-refractivity contribution is 6.13. The van der Waals surface area contributed by atoms with Crippen LogP contribution < -0.4 is 0 Å². The molecule has 2 heterocycles. The van der Waals surface area contributed by atoms with Crippen molar-refractivity contribution in [2.75, 3.05) is 0 Å². The fourth-order valence-corrected chi connectivity index (χ4v) is 6.18. The monoisotopic (exact) mass is 498 g/mol. The van der Waals surface area contributed by atoms with E-state index < -0.39 is 0 Å². The first-order chi connectivity index (χ1) is 19.3. The fraction of sp³-hybridized carbons (Fsp3) is 0.0270. The molecule has 0 spiro atoms. The summed E-state index contributed by atoms with van der Waals surface area (Å²) in [4.78, 5) is 0. The molecule has 0 aliphatic heterocycles. The molecule has 0 fully saturated rings. The van der Waals surface area contributed by atoms with Gasteiger partial charge in [-0.15, -0.1) is 0 Å². The van der Waals surface area contributed by atoms with Gasteiger partial charge in [-0.2, -0.15) is 0 Å². The maximum Gasteiger partial charge on any atom is 0.0542 e. The summed E-state index contributed by atoms with van der Waals surface area (Å²) in [6.45, 7) is 2.17. The second-order valence-corrected chi connectivity index (χ2v) is 10.3. The van der Waals surface area contributed by atoms with Crippen LogP contribution in [0.15, 0.2) is 140 Å². The molecule has 0 amide bonds. The quantitative estimate of drug-likeness (QED) is 0.229. The van der Waals surface area contributed by atoms with Crippen LogP contribution in [0.4, 0.5) is 0 Å². The van der Waals surface area contributed by atoms with Crippen LogP contribution in [0.1, 0.15) is 5.56 Å². The van der Waals surface area contributed by atoms with Crippen LogP contribution in [0.2, 0.25) is 0 Å². The minimum absolute atomic E-state index is 1.18. The predicted molar refractivity (Wildman–Crippen MR) is 165 cm³/mol. The zero-order valence-electron chi connectivity index (χ0n) is 21.7. The molecule has 0 bridgehead atoms. The van der Waals surface area contributed by atoms with Gasteiger partial charge in [-0.1, -0.05) is 84.4 Å². The smallest absolute Gasteiger partial charge is 0.0542 e. The minimum Gasteiger partial charge on any atom is -0.309 e. The first-order valence-corrected chi connectivity index (χ1v) is 13.5. The van der Waals surface area contributed by atoms with Crippen molar-refractivity contribution in [2.45, 2.75) is 6.92 Å². The van der Waals surface area contributed by atoms with E-state index in [4.69, 9.17) is 0 Å². The number of aromatic nitrogens is 2. The lowest BCUT2D eigenvalue weighted by Crippen LogP contribution is -1.95. The number of rotatable bonds is 3. The van der Waals surface area contributed by atoms with Gasteiger partial charge >= 0.3 is 0 Å². The van der Waals surface area contributed by atoms with Gasteiger partial charge in [-0.05, 0) is 78.7 Å². The van der Waals surface area contributed by atoms with Gasteiger partial charge in [-0.25, -0.2) is 0 Å². The maximum atomic E-state index is 2.42. The number of nitrogens with zero attached hydrogens (tertiary/aromatic N) is 2. The number of aryl methyl sites for hydroxylation is 1. The third-order valence-electron chi connectivity index (χ3n) is 7.96. The molecular weight excluding hydrogens is 472 g/mol. The van der Waals surface area contributed by atoms with E-state index in [-0.39, 0.29) is 0 Å². The van der Waals surface area contributed by atoms with Gasteiger partial charge in [0.05, 0.1) is 22.1 Å². The summed E-state index contributed by atoms with van der Waals surface area (Å²) in [5.74, 6) is 0. The molecule has 0 saturated carbocycles. The van der Waals surface area contributed by atoms with Crippen molar-refractivity contribution in [3.8, 4) is 22.5 Å². The Morgan fingerprint density at radius 1 is 0.359 bits per heavy atom. The van der Waals surface area contributed by atoms with E-state index >= 15 is 0 Å². The lowest BCUT2D eigenvalue weighted by Gasteiger charge is -2.10. The van der Waals surface area contributed by atoms with E-state index in [0.717, 1.165) is 0 Å². The summed E-state index contributed by atoms with van der Waals surface area (Å²) in [5.41, 5.74) is 11.0. The van der Waals surface area contributed by atoms with Crippen molar-refractivity contribution in [1.29, 1.82) is 0 Å². The maximum absolute atomic E-state index is 2.42. The Morgan fingerprint density at radius 3 is 1.72 bits per heavy atom. The van der Waals surface area contributed by atoms with Crippen LogP contribution in [0.25, 0.3) is 66.1 Å². The Labute approximate surface area is 227 Å². The van der Waals surface area contributed by atoms with Crippen molar-refractivity contribution in [2.24, 2.45) is 0 Å². The molecule has 39 heavy (non-hydrogen) atoms. The van der Waals surface area contributed by atoms with E-state index in [1.807, 2.05) is 0 Å². The number of para-hydroxylation sites is 2. The summed E-state index contributed by atoms with van der Waals surface area (Å²) in [5, 5.41) is 5.09. The van der Waals surface area contributed by atoms with Crippen LogP contribution in [0.5, 0.6) is 0 Å². The van der Waals surface area contributed by atoms with Crippen molar-refractivity contribution in [3.63, 3.8) is 0 Å². The van der Waals surface area contributed by atoms with E-state index in [0.29, 0.717) is 0 Å². The van der Waals surface area contributed by atoms with Crippen LogP contribution in [-0.4, -0.2) is 9.13 Å². The molecule has 2 heteroatoms. The Kier molecular flexibility index (Phi) is 4.77. The van der Waals surface area contributed by atoms with E-state index in [9.17, 15) is 0 Å². The zero-order valence-corrected chi connectivity index (χ0v) is 21.7. The predicted octanol–water partition coefficient (Wildman–Crippen LogP) is 9.86. The summed E-state index contributed by atoms with van der Waals surface area (Å²) in [6.07, 6.45) is 0. The van der Waals surface area contributed by atoms with Crippen LogP contribution >= 0.6 is 0 Å². The van der Waals surface area contributed by atoms with Gasteiger partial charge in [-0.3, -0.25) is 0 Å². The molecule has 0 N–H and O–H groups in total. The molecule has 0 unspecified atom stereocenters. The summed E-state index contributed by atoms with van der Waals surface area (Å²) >= 11 is 0. The molecule has 0 aliphatic rings. The molecular formula is C37H26N2. The van der Waals surface area contributed by atoms with Gasteiger partial charge in [0.15, 0.2) is 0 Å². The van der Waals surface area contributed by atoms with Crippen molar-refractivity contribution < 1.29 is 0 Å². The van der Waals surface area contributed by atoms with Crippen molar-refractivity contribution in [3.05, 3.63) is 145 Å². The highest BCUT2D eigenvalue weighted by Gasteiger charge is 2.17. The fourth-order valence-electron chi connectivity index (χ4n) is 6.18. The number of fused-ring (bicyclic) bond motifs is 6.